The molecule has 0 bridgehead atoms. The fourth-order valence-electron chi connectivity index (χ4n) is 2.97. The minimum absolute atomic E-state index is 0.149. The maximum atomic E-state index is 14.3. The fraction of sp³-hybridized carbons (Fsp3) is 0.240. The van der Waals surface area contributed by atoms with Gasteiger partial charge in [-0.05, 0) is 60.4 Å². The van der Waals surface area contributed by atoms with Crippen LogP contribution in [0.2, 0.25) is 0 Å². The first-order valence-corrected chi connectivity index (χ1v) is 10.1. The number of hydrogen-bond donors (Lipinski definition) is 0. The molecule has 3 aromatic carbocycles. The first-order chi connectivity index (χ1) is 14.9. The van der Waals surface area contributed by atoms with Gasteiger partial charge in [-0.25, -0.2) is 9.18 Å². The van der Waals surface area contributed by atoms with Crippen LogP contribution in [0.5, 0.6) is 11.5 Å². The van der Waals surface area contributed by atoms with Crippen molar-refractivity contribution in [3.63, 3.8) is 0 Å². The van der Waals surface area contributed by atoms with Crippen LogP contribution in [0.15, 0.2) is 54.6 Å². The van der Waals surface area contributed by atoms with Gasteiger partial charge in [-0.15, -0.1) is 0 Å². The Balaban J connectivity index is 1.69. The van der Waals surface area contributed by atoms with Crippen molar-refractivity contribution in [2.24, 2.45) is 0 Å². The molecular weight excluding hydrogens is 405 g/mol. The van der Waals surface area contributed by atoms with Gasteiger partial charge in [0.1, 0.15) is 5.82 Å². The SMILES string of the molecule is CCCCCOc1ccc(OC(=O)c2ccc(-c3ccc(C)c(F)c3)cc2)c(F)c1F. The van der Waals surface area contributed by atoms with Gasteiger partial charge in [0.2, 0.25) is 11.6 Å². The number of hydrogen-bond acceptors (Lipinski definition) is 3. The Morgan fingerprint density at radius 3 is 2.16 bits per heavy atom. The zero-order chi connectivity index (χ0) is 22.4. The minimum atomic E-state index is -1.28. The molecule has 31 heavy (non-hydrogen) atoms. The summed E-state index contributed by atoms with van der Waals surface area (Å²) in [7, 11) is 0. The molecule has 6 heteroatoms. The summed E-state index contributed by atoms with van der Waals surface area (Å²) in [5, 5.41) is 0. The highest BCUT2D eigenvalue weighted by molar-refractivity contribution is 5.91. The van der Waals surface area contributed by atoms with Gasteiger partial charge in [-0.1, -0.05) is 44.0 Å². The number of esters is 1. The number of ether oxygens (including phenoxy) is 2. The molecule has 0 spiro atoms. The van der Waals surface area contributed by atoms with E-state index in [1.807, 2.05) is 6.92 Å². The highest BCUT2D eigenvalue weighted by Gasteiger charge is 2.19. The van der Waals surface area contributed by atoms with E-state index in [4.69, 9.17) is 9.47 Å². The molecule has 162 valence electrons. The monoisotopic (exact) mass is 428 g/mol. The van der Waals surface area contributed by atoms with Crippen molar-refractivity contribution in [1.29, 1.82) is 0 Å². The zero-order valence-electron chi connectivity index (χ0n) is 17.4. The van der Waals surface area contributed by atoms with Crippen molar-refractivity contribution in [3.8, 4) is 22.6 Å². The summed E-state index contributed by atoms with van der Waals surface area (Å²) >= 11 is 0. The summed E-state index contributed by atoms with van der Waals surface area (Å²) in [4.78, 5) is 12.4. The molecule has 3 nitrogen and oxygen atoms in total. The summed E-state index contributed by atoms with van der Waals surface area (Å²) in [6.07, 6.45) is 2.65. The Kier molecular flexibility index (Phi) is 7.34. The van der Waals surface area contributed by atoms with E-state index < -0.39 is 23.4 Å². The number of rotatable bonds is 8. The second-order valence-electron chi connectivity index (χ2n) is 7.18. The van der Waals surface area contributed by atoms with Crippen LogP contribution in [0, 0.1) is 24.4 Å². The molecule has 0 amide bonds. The summed E-state index contributed by atoms with van der Waals surface area (Å²) in [5.41, 5.74) is 2.05. The number of aryl methyl sites for hydroxylation is 1. The van der Waals surface area contributed by atoms with Crippen molar-refractivity contribution < 1.29 is 27.4 Å². The number of carbonyl (C=O) groups excluding carboxylic acids is 1. The topological polar surface area (TPSA) is 35.5 Å². The fourth-order valence-corrected chi connectivity index (χ4v) is 2.97. The molecule has 3 rings (SSSR count). The molecule has 3 aromatic rings. The lowest BCUT2D eigenvalue weighted by Gasteiger charge is -2.11. The molecule has 0 aliphatic carbocycles. The van der Waals surface area contributed by atoms with E-state index in [1.54, 1.807) is 31.2 Å². The highest BCUT2D eigenvalue weighted by atomic mass is 19.2. The van der Waals surface area contributed by atoms with E-state index >= 15 is 0 Å². The second kappa shape index (κ2) is 10.2. The number of carbonyl (C=O) groups is 1. The maximum absolute atomic E-state index is 14.3. The number of unbranched alkanes of at least 4 members (excludes halogenated alkanes) is 2. The van der Waals surface area contributed by atoms with Crippen LogP contribution in [-0.2, 0) is 0 Å². The van der Waals surface area contributed by atoms with Gasteiger partial charge in [0.25, 0.3) is 0 Å². The third-order valence-electron chi connectivity index (χ3n) is 4.85. The third kappa shape index (κ3) is 5.45. The Labute approximate surface area is 179 Å². The molecule has 0 unspecified atom stereocenters. The van der Waals surface area contributed by atoms with Gasteiger partial charge in [-0.2, -0.15) is 8.78 Å². The third-order valence-corrected chi connectivity index (χ3v) is 4.85. The summed E-state index contributed by atoms with van der Waals surface area (Å²) in [6.45, 7) is 3.98. The molecule has 0 saturated heterocycles. The average Bonchev–Trinajstić information content (AvgIpc) is 2.77. The van der Waals surface area contributed by atoms with Gasteiger partial charge in [0, 0.05) is 0 Å². The van der Waals surface area contributed by atoms with E-state index in [9.17, 15) is 18.0 Å². The molecular formula is C25H23F3O3. The lowest BCUT2D eigenvalue weighted by Crippen LogP contribution is -2.10. The van der Waals surface area contributed by atoms with Crippen molar-refractivity contribution >= 4 is 5.97 Å². The van der Waals surface area contributed by atoms with Crippen LogP contribution in [0.25, 0.3) is 11.1 Å². The Morgan fingerprint density at radius 1 is 0.839 bits per heavy atom. The molecule has 0 N–H and O–H groups in total. The lowest BCUT2D eigenvalue weighted by molar-refractivity contribution is 0.0726. The van der Waals surface area contributed by atoms with E-state index in [0.29, 0.717) is 16.7 Å². The van der Waals surface area contributed by atoms with Gasteiger partial charge >= 0.3 is 5.97 Å². The highest BCUT2D eigenvalue weighted by Crippen LogP contribution is 2.29. The van der Waals surface area contributed by atoms with Crippen LogP contribution in [0.1, 0.15) is 42.1 Å². The molecule has 0 aliphatic rings. The Hall–Kier alpha value is -3.28. The molecule has 0 fully saturated rings. The molecule has 0 heterocycles. The first-order valence-electron chi connectivity index (χ1n) is 10.1. The molecule has 0 atom stereocenters. The quantitative estimate of drug-likeness (QED) is 0.223. The van der Waals surface area contributed by atoms with Crippen LogP contribution in [0.4, 0.5) is 13.2 Å². The molecule has 0 radical (unpaired) electrons. The predicted octanol–water partition coefficient (Wildman–Crippen LogP) is 6.87. The zero-order valence-corrected chi connectivity index (χ0v) is 17.4. The van der Waals surface area contributed by atoms with E-state index in [0.717, 1.165) is 25.3 Å². The number of halogens is 3. The normalized spacial score (nSPS) is 10.7. The van der Waals surface area contributed by atoms with Crippen molar-refractivity contribution in [2.75, 3.05) is 6.61 Å². The number of benzene rings is 3. The van der Waals surface area contributed by atoms with Crippen LogP contribution >= 0.6 is 0 Å². The van der Waals surface area contributed by atoms with Gasteiger partial charge in [0.05, 0.1) is 12.2 Å². The van der Waals surface area contributed by atoms with E-state index in [1.165, 1.54) is 24.3 Å². The van der Waals surface area contributed by atoms with E-state index in [-0.39, 0.29) is 23.7 Å². The predicted molar refractivity (Wildman–Crippen MR) is 113 cm³/mol. The summed E-state index contributed by atoms with van der Waals surface area (Å²) in [5.74, 6) is -4.38. The Morgan fingerprint density at radius 2 is 1.48 bits per heavy atom. The Bertz CT molecular complexity index is 1060. The van der Waals surface area contributed by atoms with Crippen LogP contribution in [0.3, 0.4) is 0 Å². The van der Waals surface area contributed by atoms with Crippen molar-refractivity contribution in [1.82, 2.24) is 0 Å². The minimum Gasteiger partial charge on any atom is -0.490 e. The van der Waals surface area contributed by atoms with Crippen LogP contribution in [-0.4, -0.2) is 12.6 Å². The molecule has 0 aromatic heterocycles. The largest absolute Gasteiger partial charge is 0.490 e. The maximum Gasteiger partial charge on any atom is 0.343 e. The van der Waals surface area contributed by atoms with Crippen LogP contribution < -0.4 is 9.47 Å². The lowest BCUT2D eigenvalue weighted by atomic mass is 10.0. The van der Waals surface area contributed by atoms with Crippen molar-refractivity contribution in [3.05, 3.63) is 83.2 Å². The van der Waals surface area contributed by atoms with Gasteiger partial charge in [0.15, 0.2) is 11.5 Å². The van der Waals surface area contributed by atoms with Crippen molar-refractivity contribution in [2.45, 2.75) is 33.1 Å². The molecule has 0 aliphatic heterocycles. The average molecular weight is 428 g/mol. The van der Waals surface area contributed by atoms with Gasteiger partial charge < -0.3 is 9.47 Å². The van der Waals surface area contributed by atoms with E-state index in [2.05, 4.69) is 0 Å². The first kappa shape index (κ1) is 22.4. The molecule has 0 saturated carbocycles. The smallest absolute Gasteiger partial charge is 0.343 e. The van der Waals surface area contributed by atoms with Gasteiger partial charge in [-0.3, -0.25) is 0 Å². The standard InChI is InChI=1S/C25H23F3O3/c1-3-4-5-14-30-21-12-13-22(24(28)23(21)27)31-25(29)18-10-8-17(9-11-18)19-7-6-16(2)20(26)15-19/h6-13,15H,3-5,14H2,1-2H3. The summed E-state index contributed by atoms with van der Waals surface area (Å²) < 4.78 is 52.5. The summed E-state index contributed by atoms with van der Waals surface area (Å²) in [6, 6.07) is 13.5. The second-order valence-corrected chi connectivity index (χ2v) is 7.18.